The normalized spacial score (nSPS) is 12.7. The lowest BCUT2D eigenvalue weighted by Crippen LogP contribution is -2.20. The smallest absolute Gasteiger partial charge is 0.255 e. The van der Waals surface area contributed by atoms with Gasteiger partial charge in [-0.2, -0.15) is 18.3 Å². The van der Waals surface area contributed by atoms with Gasteiger partial charge in [-0.3, -0.25) is 4.68 Å². The van der Waals surface area contributed by atoms with Gasteiger partial charge in [0.1, 0.15) is 6.54 Å². The molecule has 120 valence electrons. The Morgan fingerprint density at radius 1 is 1.14 bits per heavy atom. The van der Waals surface area contributed by atoms with Crippen LogP contribution >= 0.6 is 23.2 Å². The van der Waals surface area contributed by atoms with Crippen LogP contribution in [0.1, 0.15) is 26.3 Å². The highest BCUT2D eigenvalue weighted by molar-refractivity contribution is 6.36. The Bertz CT molecular complexity index is 685. The maximum absolute atomic E-state index is 12.8. The van der Waals surface area contributed by atoms with Gasteiger partial charge in [-0.15, -0.1) is 0 Å². The van der Waals surface area contributed by atoms with Gasteiger partial charge in [-0.25, -0.2) is 0 Å². The Hall–Kier alpha value is -1.20. The fourth-order valence-corrected chi connectivity index (χ4v) is 2.69. The van der Waals surface area contributed by atoms with Crippen molar-refractivity contribution < 1.29 is 13.2 Å². The number of nitrogens with zero attached hydrogens (tertiary/aromatic N) is 2. The molecule has 0 unspecified atom stereocenters. The van der Waals surface area contributed by atoms with Crippen molar-refractivity contribution in [1.82, 2.24) is 9.78 Å². The van der Waals surface area contributed by atoms with E-state index in [1.165, 1.54) is 12.3 Å². The highest BCUT2D eigenvalue weighted by Crippen LogP contribution is 2.38. The first-order valence-electron chi connectivity index (χ1n) is 6.57. The molecule has 0 radical (unpaired) electrons. The van der Waals surface area contributed by atoms with Crippen molar-refractivity contribution in [2.45, 2.75) is 38.9 Å². The van der Waals surface area contributed by atoms with E-state index in [9.17, 15) is 13.2 Å². The number of aromatic nitrogens is 2. The summed E-state index contributed by atoms with van der Waals surface area (Å²) in [4.78, 5) is 0. The summed E-state index contributed by atoms with van der Waals surface area (Å²) in [5, 5.41) is 4.63. The zero-order valence-electron chi connectivity index (χ0n) is 12.3. The van der Waals surface area contributed by atoms with E-state index in [-0.39, 0.29) is 5.41 Å². The van der Waals surface area contributed by atoms with Crippen LogP contribution in [0.15, 0.2) is 24.4 Å². The van der Waals surface area contributed by atoms with Gasteiger partial charge in [-0.05, 0) is 23.6 Å². The highest BCUT2D eigenvalue weighted by atomic mass is 35.5. The number of rotatable bonds is 2. The molecule has 0 aliphatic rings. The summed E-state index contributed by atoms with van der Waals surface area (Å²) in [6, 6.07) is 4.72. The molecule has 22 heavy (non-hydrogen) atoms. The quantitative estimate of drug-likeness (QED) is 0.677. The Balaban J connectivity index is 2.67. The molecule has 2 aromatic rings. The minimum Gasteiger partial charge on any atom is -0.255 e. The molecule has 1 aromatic carbocycles. The van der Waals surface area contributed by atoms with Gasteiger partial charge in [0.15, 0.2) is 0 Å². The van der Waals surface area contributed by atoms with Gasteiger partial charge in [0.2, 0.25) is 0 Å². The van der Waals surface area contributed by atoms with Gasteiger partial charge in [0, 0.05) is 16.1 Å². The second-order valence-electron chi connectivity index (χ2n) is 6.05. The van der Waals surface area contributed by atoms with Crippen LogP contribution in [0.4, 0.5) is 13.2 Å². The van der Waals surface area contributed by atoms with Crippen LogP contribution < -0.4 is 0 Å². The lowest BCUT2D eigenvalue weighted by atomic mass is 9.85. The molecule has 0 spiro atoms. The van der Waals surface area contributed by atoms with Gasteiger partial charge >= 0.3 is 6.18 Å². The van der Waals surface area contributed by atoms with Crippen molar-refractivity contribution in [3.63, 3.8) is 0 Å². The fraction of sp³-hybridized carbons (Fsp3) is 0.400. The zero-order valence-corrected chi connectivity index (χ0v) is 13.8. The average Bonchev–Trinajstić information content (AvgIpc) is 2.70. The first-order valence-corrected chi connectivity index (χ1v) is 7.33. The molecule has 0 fully saturated rings. The first-order chi connectivity index (χ1) is 9.99. The second-order valence-corrected chi connectivity index (χ2v) is 6.90. The number of hydrogen-bond acceptors (Lipinski definition) is 1. The van der Waals surface area contributed by atoms with E-state index >= 15 is 0 Å². The molecule has 2 rings (SSSR count). The summed E-state index contributed by atoms with van der Waals surface area (Å²) < 4.78 is 39.3. The maximum Gasteiger partial charge on any atom is 0.408 e. The SMILES string of the molecule is CC(C)(C)c1cnn(CC(F)(F)F)c1-c1ccc(Cl)cc1Cl. The van der Waals surface area contributed by atoms with Crippen LogP contribution in [0.3, 0.4) is 0 Å². The van der Waals surface area contributed by atoms with Gasteiger partial charge in [0.25, 0.3) is 0 Å². The summed E-state index contributed by atoms with van der Waals surface area (Å²) in [5.41, 5.74) is 1.17. The molecule has 0 bridgehead atoms. The third-order valence-electron chi connectivity index (χ3n) is 3.16. The van der Waals surface area contributed by atoms with Crippen molar-refractivity contribution in [3.05, 3.63) is 40.0 Å². The van der Waals surface area contributed by atoms with Crippen LogP contribution in [0.2, 0.25) is 10.0 Å². The first kappa shape index (κ1) is 17.2. The average molecular weight is 351 g/mol. The van der Waals surface area contributed by atoms with E-state index in [0.29, 0.717) is 26.9 Å². The standard InChI is InChI=1S/C15H15Cl2F3N2/c1-14(2,3)11-7-21-22(8-15(18,19)20)13(11)10-5-4-9(16)6-12(10)17/h4-7H,8H2,1-3H3. The Kier molecular flexibility index (Phi) is 4.51. The Labute approximate surface area is 136 Å². The lowest BCUT2D eigenvalue weighted by Gasteiger charge is -2.21. The van der Waals surface area contributed by atoms with E-state index in [1.807, 2.05) is 20.8 Å². The molecule has 1 aromatic heterocycles. The minimum atomic E-state index is -4.37. The molecule has 0 atom stereocenters. The van der Waals surface area contributed by atoms with Gasteiger partial charge in [0.05, 0.1) is 16.9 Å². The number of halogens is 5. The van der Waals surface area contributed by atoms with Crippen molar-refractivity contribution in [2.75, 3.05) is 0 Å². The minimum absolute atomic E-state index is 0.293. The number of alkyl halides is 3. The third-order valence-corrected chi connectivity index (χ3v) is 3.71. The molecule has 2 nitrogen and oxygen atoms in total. The van der Waals surface area contributed by atoms with Crippen molar-refractivity contribution in [1.29, 1.82) is 0 Å². The molecule has 0 amide bonds. The summed E-state index contributed by atoms with van der Waals surface area (Å²) in [7, 11) is 0. The molecular weight excluding hydrogens is 336 g/mol. The number of benzene rings is 1. The van der Waals surface area contributed by atoms with Gasteiger partial charge in [-0.1, -0.05) is 44.0 Å². The molecule has 1 heterocycles. The van der Waals surface area contributed by atoms with E-state index in [1.54, 1.807) is 12.1 Å². The van der Waals surface area contributed by atoms with Gasteiger partial charge < -0.3 is 0 Å². The highest BCUT2D eigenvalue weighted by Gasteiger charge is 2.32. The van der Waals surface area contributed by atoms with Crippen LogP contribution in [0, 0.1) is 0 Å². The van der Waals surface area contributed by atoms with Crippen molar-refractivity contribution in [2.24, 2.45) is 0 Å². The molecule has 0 aliphatic carbocycles. The predicted octanol–water partition coefficient (Wildman–Crippen LogP) is 5.72. The molecule has 7 heteroatoms. The maximum atomic E-state index is 12.8. The van der Waals surface area contributed by atoms with Crippen LogP contribution in [0.25, 0.3) is 11.3 Å². The lowest BCUT2D eigenvalue weighted by molar-refractivity contribution is -0.142. The Morgan fingerprint density at radius 3 is 2.27 bits per heavy atom. The summed E-state index contributed by atoms with van der Waals surface area (Å²) in [5.74, 6) is 0. The van der Waals surface area contributed by atoms with Crippen LogP contribution in [-0.2, 0) is 12.0 Å². The summed E-state index contributed by atoms with van der Waals surface area (Å²) in [6.07, 6.45) is -2.90. The molecular formula is C15H15Cl2F3N2. The molecule has 0 saturated carbocycles. The topological polar surface area (TPSA) is 17.8 Å². The van der Waals surface area contributed by atoms with E-state index < -0.39 is 12.7 Å². The van der Waals surface area contributed by atoms with E-state index in [4.69, 9.17) is 23.2 Å². The fourth-order valence-electron chi connectivity index (χ4n) is 2.19. The summed E-state index contributed by atoms with van der Waals surface area (Å²) in [6.45, 7) is 4.57. The van der Waals surface area contributed by atoms with Crippen molar-refractivity contribution in [3.8, 4) is 11.3 Å². The second kappa shape index (κ2) is 5.78. The van der Waals surface area contributed by atoms with E-state index in [2.05, 4.69) is 5.10 Å². The third kappa shape index (κ3) is 3.76. The van der Waals surface area contributed by atoms with Crippen molar-refractivity contribution >= 4 is 23.2 Å². The largest absolute Gasteiger partial charge is 0.408 e. The monoisotopic (exact) mass is 350 g/mol. The van der Waals surface area contributed by atoms with Crippen LogP contribution in [-0.4, -0.2) is 16.0 Å². The molecule has 0 saturated heterocycles. The Morgan fingerprint density at radius 2 is 1.77 bits per heavy atom. The van der Waals surface area contributed by atoms with Crippen LogP contribution in [0.5, 0.6) is 0 Å². The summed E-state index contributed by atoms with van der Waals surface area (Å²) >= 11 is 12.0. The molecule has 0 N–H and O–H groups in total. The number of hydrogen-bond donors (Lipinski definition) is 0. The molecule has 0 aliphatic heterocycles. The zero-order chi connectivity index (χ0) is 16.7. The predicted molar refractivity (Wildman–Crippen MR) is 82.4 cm³/mol. The van der Waals surface area contributed by atoms with E-state index in [0.717, 1.165) is 4.68 Å².